The van der Waals surface area contributed by atoms with Crippen molar-refractivity contribution in [3.8, 4) is 11.5 Å². The first kappa shape index (κ1) is 28.1. The van der Waals surface area contributed by atoms with Gasteiger partial charge in [0, 0.05) is 13.1 Å². The highest BCUT2D eigenvalue weighted by Gasteiger charge is 2.14. The van der Waals surface area contributed by atoms with Gasteiger partial charge >= 0.3 is 0 Å². The molecule has 34 heavy (non-hydrogen) atoms. The second-order valence-corrected chi connectivity index (χ2v) is 9.36. The largest absolute Gasteiger partial charge is 0.497 e. The van der Waals surface area contributed by atoms with Crippen molar-refractivity contribution >= 4 is 46.6 Å². The third-order valence-electron chi connectivity index (χ3n) is 5.39. The van der Waals surface area contributed by atoms with Crippen LogP contribution in [0, 0.1) is 0 Å². The van der Waals surface area contributed by atoms with Gasteiger partial charge in [-0.15, -0.1) is 24.0 Å². The molecule has 3 aromatic carbocycles. The first-order valence-electron chi connectivity index (χ1n) is 11.3. The molecule has 0 aliphatic heterocycles. The Bertz CT molecular complexity index is 970. The van der Waals surface area contributed by atoms with Crippen LogP contribution < -0.4 is 9.47 Å². The quantitative estimate of drug-likeness (QED) is 0.144. The summed E-state index contributed by atoms with van der Waals surface area (Å²) in [6.45, 7) is 8.10. The zero-order valence-corrected chi connectivity index (χ0v) is 23.8. The van der Waals surface area contributed by atoms with E-state index in [4.69, 9.17) is 14.5 Å². The summed E-state index contributed by atoms with van der Waals surface area (Å²) in [5.74, 6) is 3.18. The molecule has 0 N–H and O–H groups in total. The molecule has 0 radical (unpaired) electrons. The molecule has 4 nitrogen and oxygen atoms in total. The molecule has 3 aromatic rings. The average Bonchev–Trinajstić information content (AvgIpc) is 2.84. The van der Waals surface area contributed by atoms with E-state index in [1.165, 1.54) is 16.7 Å². The summed E-state index contributed by atoms with van der Waals surface area (Å²) >= 11 is 1.77. The second kappa shape index (κ2) is 14.3. The van der Waals surface area contributed by atoms with Crippen molar-refractivity contribution < 1.29 is 9.47 Å². The molecule has 3 rings (SSSR count). The van der Waals surface area contributed by atoms with Crippen molar-refractivity contribution in [1.82, 2.24) is 4.90 Å². The Morgan fingerprint density at radius 2 is 1.26 bits per heavy atom. The molecule has 182 valence electrons. The summed E-state index contributed by atoms with van der Waals surface area (Å²) in [6, 6.07) is 25.1. The monoisotopic (exact) mass is 590 g/mol. The molecular weight excluding hydrogens is 555 g/mol. The smallest absolute Gasteiger partial charge is 0.164 e. The summed E-state index contributed by atoms with van der Waals surface area (Å²) in [6.07, 6.45) is 0. The minimum absolute atomic E-state index is 0. The molecule has 6 heteroatoms. The summed E-state index contributed by atoms with van der Waals surface area (Å²) in [4.78, 5) is 7.41. The van der Waals surface area contributed by atoms with Crippen molar-refractivity contribution in [2.45, 2.75) is 39.8 Å². The minimum atomic E-state index is 0. The highest BCUT2D eigenvalue weighted by Crippen LogP contribution is 2.25. The number of amidine groups is 1. The fraction of sp³-hybridized carbons (Fsp3) is 0.321. The number of nitrogens with zero attached hydrogens (tertiary/aromatic N) is 2. The van der Waals surface area contributed by atoms with Gasteiger partial charge in [-0.2, -0.15) is 0 Å². The van der Waals surface area contributed by atoms with Gasteiger partial charge in [0.1, 0.15) is 11.5 Å². The minimum Gasteiger partial charge on any atom is -0.497 e. The van der Waals surface area contributed by atoms with Crippen LogP contribution in [-0.4, -0.2) is 30.0 Å². The first-order valence-corrected chi connectivity index (χ1v) is 12.3. The number of thioether (sulfide) groups is 1. The van der Waals surface area contributed by atoms with Crippen LogP contribution in [0.2, 0.25) is 0 Å². The van der Waals surface area contributed by atoms with E-state index < -0.39 is 0 Å². The molecule has 0 saturated carbocycles. The Kier molecular flexibility index (Phi) is 11.8. The molecule has 0 fully saturated rings. The van der Waals surface area contributed by atoms with E-state index in [0.29, 0.717) is 5.92 Å². The maximum absolute atomic E-state index is 5.33. The fourth-order valence-corrected chi connectivity index (χ4v) is 4.20. The third-order valence-corrected chi connectivity index (χ3v) is 6.29. The van der Waals surface area contributed by atoms with Gasteiger partial charge in [0.15, 0.2) is 5.17 Å². The third kappa shape index (κ3) is 8.24. The van der Waals surface area contributed by atoms with Crippen molar-refractivity contribution in [1.29, 1.82) is 0 Å². The predicted molar refractivity (Wildman–Crippen MR) is 156 cm³/mol. The lowest BCUT2D eigenvalue weighted by molar-refractivity contribution is 0.405. The van der Waals surface area contributed by atoms with Crippen LogP contribution >= 0.6 is 35.7 Å². The number of methoxy groups -OCH3 is 2. The van der Waals surface area contributed by atoms with Crippen LogP contribution in [0.15, 0.2) is 77.8 Å². The number of hydrogen-bond donors (Lipinski definition) is 0. The van der Waals surface area contributed by atoms with Crippen LogP contribution in [0.5, 0.6) is 11.5 Å². The van der Waals surface area contributed by atoms with Gasteiger partial charge in [0.25, 0.3) is 0 Å². The van der Waals surface area contributed by atoms with E-state index in [2.05, 4.69) is 74.2 Å². The Morgan fingerprint density at radius 1 is 0.794 bits per heavy atom. The van der Waals surface area contributed by atoms with Crippen LogP contribution in [0.3, 0.4) is 0 Å². The maximum Gasteiger partial charge on any atom is 0.164 e. The van der Waals surface area contributed by atoms with Gasteiger partial charge in [0.2, 0.25) is 0 Å². The van der Waals surface area contributed by atoms with Crippen LogP contribution in [0.25, 0.3) is 0 Å². The van der Waals surface area contributed by atoms with Gasteiger partial charge in [0.05, 0.1) is 19.9 Å². The molecule has 0 saturated heterocycles. The van der Waals surface area contributed by atoms with E-state index in [9.17, 15) is 0 Å². The summed E-state index contributed by atoms with van der Waals surface area (Å²) in [7, 11) is 3.39. The van der Waals surface area contributed by atoms with Crippen LogP contribution in [0.1, 0.15) is 43.4 Å². The highest BCUT2D eigenvalue weighted by molar-refractivity contribution is 14.0. The average molecular weight is 591 g/mol. The molecule has 0 amide bonds. The SMILES string of the molecule is CCSC(=Nc1ccc(C(C)C)cc1)N(Cc1ccc(OC)cc1)Cc1ccc(OC)cc1.I. The lowest BCUT2D eigenvalue weighted by Gasteiger charge is -2.26. The molecule has 0 unspecified atom stereocenters. The number of hydrogen-bond acceptors (Lipinski definition) is 4. The molecule has 0 bridgehead atoms. The van der Waals surface area contributed by atoms with Crippen molar-refractivity contribution in [2.75, 3.05) is 20.0 Å². The van der Waals surface area contributed by atoms with Crippen LogP contribution in [0.4, 0.5) is 5.69 Å². The standard InChI is InChI=1S/C28H34N2O2S.HI/c1-6-33-28(29-25-13-11-24(12-14-25)21(2)3)30(19-22-7-15-26(31-4)16-8-22)20-23-9-17-27(32-5)18-10-23;/h7-18,21H,6,19-20H2,1-5H3;1H. The van der Waals surface area contributed by atoms with E-state index in [-0.39, 0.29) is 24.0 Å². The topological polar surface area (TPSA) is 34.1 Å². The van der Waals surface area contributed by atoms with Gasteiger partial charge in [-0.25, -0.2) is 4.99 Å². The summed E-state index contributed by atoms with van der Waals surface area (Å²) in [5.41, 5.74) is 4.73. The predicted octanol–water partition coefficient (Wildman–Crippen LogP) is 7.89. The number of benzene rings is 3. The Morgan fingerprint density at radius 3 is 1.65 bits per heavy atom. The normalized spacial score (nSPS) is 11.2. The number of ether oxygens (including phenoxy) is 2. The highest BCUT2D eigenvalue weighted by atomic mass is 127. The van der Waals surface area contributed by atoms with E-state index >= 15 is 0 Å². The van der Waals surface area contributed by atoms with Crippen molar-refractivity contribution in [3.05, 3.63) is 89.5 Å². The molecule has 0 aromatic heterocycles. The number of aliphatic imine (C=N–C) groups is 1. The van der Waals surface area contributed by atoms with E-state index in [1.807, 2.05) is 24.3 Å². The van der Waals surface area contributed by atoms with Gasteiger partial charge < -0.3 is 14.4 Å². The Labute approximate surface area is 225 Å². The zero-order valence-electron chi connectivity index (χ0n) is 20.7. The molecular formula is C28H35IN2O2S. The van der Waals surface area contributed by atoms with E-state index in [0.717, 1.165) is 41.2 Å². The Balaban J connectivity index is 0.00000408. The molecule has 0 heterocycles. The lowest BCUT2D eigenvalue weighted by Crippen LogP contribution is -2.28. The second-order valence-electron chi connectivity index (χ2n) is 8.13. The molecule has 0 atom stereocenters. The first-order chi connectivity index (χ1) is 16.0. The Hall–Kier alpha value is -2.19. The van der Waals surface area contributed by atoms with Crippen molar-refractivity contribution in [2.24, 2.45) is 4.99 Å². The molecule has 0 spiro atoms. The summed E-state index contributed by atoms with van der Waals surface area (Å²) in [5, 5.41) is 1.02. The van der Waals surface area contributed by atoms with E-state index in [1.54, 1.807) is 26.0 Å². The molecule has 0 aliphatic carbocycles. The van der Waals surface area contributed by atoms with Crippen molar-refractivity contribution in [3.63, 3.8) is 0 Å². The lowest BCUT2D eigenvalue weighted by atomic mass is 10.0. The zero-order chi connectivity index (χ0) is 23.6. The maximum atomic E-state index is 5.33. The summed E-state index contributed by atoms with van der Waals surface area (Å²) < 4.78 is 10.7. The van der Waals surface area contributed by atoms with Gasteiger partial charge in [-0.05, 0) is 64.8 Å². The van der Waals surface area contributed by atoms with Gasteiger partial charge in [-0.1, -0.05) is 68.9 Å². The number of rotatable bonds is 9. The molecule has 0 aliphatic rings. The van der Waals surface area contributed by atoms with Crippen LogP contribution in [-0.2, 0) is 13.1 Å². The fourth-order valence-electron chi connectivity index (χ4n) is 3.46. The number of halogens is 1. The van der Waals surface area contributed by atoms with Gasteiger partial charge in [-0.3, -0.25) is 0 Å².